The van der Waals surface area contributed by atoms with Gasteiger partial charge in [-0.15, -0.1) is 11.3 Å². The summed E-state index contributed by atoms with van der Waals surface area (Å²) in [7, 11) is 0.288. The second-order valence-electron chi connectivity index (χ2n) is 5.26. The molecule has 2 aromatic rings. The van der Waals surface area contributed by atoms with Crippen LogP contribution < -0.4 is 4.72 Å². The number of hydrogen-bond acceptors (Lipinski definition) is 4. The lowest BCUT2D eigenvalue weighted by molar-refractivity contribution is 0.303. The predicted octanol–water partition coefficient (Wildman–Crippen LogP) is 3.29. The summed E-state index contributed by atoms with van der Waals surface area (Å²) in [6.45, 7) is 2.15. The van der Waals surface area contributed by atoms with Gasteiger partial charge in [0.05, 0.1) is 10.9 Å². The minimum Gasteiger partial charge on any atom is -0.300 e. The van der Waals surface area contributed by atoms with Crippen LogP contribution in [0.2, 0.25) is 5.02 Å². The number of rotatable bonds is 6. The Hall–Kier alpha value is -0.920. The molecule has 1 aromatic heterocycles. The fraction of sp³-hybridized carbons (Fsp3) is 0.333. The molecule has 1 N–H and O–H groups in total. The molecule has 7 heteroatoms. The molecule has 0 radical (unpaired) electrons. The maximum atomic E-state index is 12.4. The van der Waals surface area contributed by atoms with E-state index in [2.05, 4.69) is 4.72 Å². The van der Waals surface area contributed by atoms with Crippen molar-refractivity contribution in [3.05, 3.63) is 51.2 Å². The zero-order chi connectivity index (χ0) is 16.3. The molecule has 1 heterocycles. The third kappa shape index (κ3) is 4.08. The van der Waals surface area contributed by atoms with Crippen LogP contribution in [0.4, 0.5) is 0 Å². The van der Waals surface area contributed by atoms with Gasteiger partial charge >= 0.3 is 0 Å². The molecule has 22 heavy (non-hydrogen) atoms. The number of likely N-dealkylation sites (N-methyl/N-ethyl adjacent to an activating group) is 1. The maximum Gasteiger partial charge on any atom is 0.240 e. The zero-order valence-corrected chi connectivity index (χ0v) is 15.1. The first-order chi connectivity index (χ1) is 10.3. The van der Waals surface area contributed by atoms with Crippen LogP contribution in [0, 0.1) is 6.92 Å². The SMILES string of the molecule is Cc1ccc(S(=O)(=O)NCC(c2cccs2)N(C)C)cc1Cl. The van der Waals surface area contributed by atoms with Gasteiger partial charge in [-0.2, -0.15) is 0 Å². The average Bonchev–Trinajstić information content (AvgIpc) is 2.95. The standard InChI is InChI=1S/C15H19ClN2O2S2/c1-11-6-7-12(9-13(11)16)22(19,20)17-10-14(18(2)3)15-5-4-8-21-15/h4-9,14,17H,10H2,1-3H3. The van der Waals surface area contributed by atoms with Crippen molar-refractivity contribution in [2.24, 2.45) is 0 Å². The van der Waals surface area contributed by atoms with Crippen LogP contribution in [0.3, 0.4) is 0 Å². The lowest BCUT2D eigenvalue weighted by atomic mass is 10.2. The molecule has 4 nitrogen and oxygen atoms in total. The number of nitrogens with one attached hydrogen (secondary N) is 1. The summed E-state index contributed by atoms with van der Waals surface area (Å²) in [5.41, 5.74) is 0.852. The van der Waals surface area contributed by atoms with Crippen molar-refractivity contribution in [3.8, 4) is 0 Å². The molecule has 0 saturated heterocycles. The van der Waals surface area contributed by atoms with E-state index in [9.17, 15) is 8.42 Å². The summed E-state index contributed by atoms with van der Waals surface area (Å²) in [5, 5.41) is 2.44. The van der Waals surface area contributed by atoms with Crippen molar-refractivity contribution in [3.63, 3.8) is 0 Å². The second-order valence-corrected chi connectivity index (χ2v) is 8.41. The summed E-state index contributed by atoms with van der Waals surface area (Å²) >= 11 is 7.63. The molecule has 0 aliphatic rings. The number of halogens is 1. The zero-order valence-electron chi connectivity index (χ0n) is 12.7. The quantitative estimate of drug-likeness (QED) is 0.862. The molecule has 120 valence electrons. The van der Waals surface area contributed by atoms with E-state index in [1.54, 1.807) is 23.5 Å². The summed E-state index contributed by atoms with van der Waals surface area (Å²) < 4.78 is 27.5. The summed E-state index contributed by atoms with van der Waals surface area (Å²) in [5.74, 6) is 0. The Morgan fingerprint density at radius 2 is 2.05 bits per heavy atom. The van der Waals surface area contributed by atoms with Gasteiger partial charge in [0.1, 0.15) is 0 Å². The number of sulfonamides is 1. The van der Waals surface area contributed by atoms with Gasteiger partial charge < -0.3 is 4.90 Å². The van der Waals surface area contributed by atoms with E-state index in [-0.39, 0.29) is 10.9 Å². The fourth-order valence-corrected chi connectivity index (χ4v) is 4.26. The second kappa shape index (κ2) is 7.10. The molecule has 1 unspecified atom stereocenters. The Morgan fingerprint density at radius 3 is 2.59 bits per heavy atom. The van der Waals surface area contributed by atoms with Gasteiger partial charge in [0.15, 0.2) is 0 Å². The Morgan fingerprint density at radius 1 is 1.32 bits per heavy atom. The molecule has 0 aliphatic carbocycles. The Labute approximate surface area is 140 Å². The first-order valence-electron chi connectivity index (χ1n) is 6.77. The number of aryl methyl sites for hydroxylation is 1. The highest BCUT2D eigenvalue weighted by atomic mass is 35.5. The Balaban J connectivity index is 2.16. The Kier molecular flexibility index (Phi) is 5.63. The van der Waals surface area contributed by atoms with Crippen molar-refractivity contribution in [2.45, 2.75) is 17.9 Å². The average molecular weight is 359 g/mol. The largest absolute Gasteiger partial charge is 0.300 e. The predicted molar refractivity (Wildman–Crippen MR) is 92.1 cm³/mol. The van der Waals surface area contributed by atoms with Crippen LogP contribution >= 0.6 is 22.9 Å². The topological polar surface area (TPSA) is 49.4 Å². The molecule has 0 bridgehead atoms. The number of hydrogen-bond donors (Lipinski definition) is 1. The number of thiophene rings is 1. The maximum absolute atomic E-state index is 12.4. The van der Waals surface area contributed by atoms with Crippen LogP contribution in [-0.2, 0) is 10.0 Å². The minimum atomic E-state index is -3.58. The van der Waals surface area contributed by atoms with E-state index in [1.165, 1.54) is 6.07 Å². The molecule has 0 fully saturated rings. The first-order valence-corrected chi connectivity index (χ1v) is 9.51. The van der Waals surface area contributed by atoms with Crippen molar-refractivity contribution in [1.29, 1.82) is 0 Å². The van der Waals surface area contributed by atoms with E-state index in [1.807, 2.05) is 43.4 Å². The van der Waals surface area contributed by atoms with Gasteiger partial charge in [-0.25, -0.2) is 13.1 Å². The van der Waals surface area contributed by atoms with E-state index >= 15 is 0 Å². The van der Waals surface area contributed by atoms with Gasteiger partial charge in [-0.05, 0) is 50.2 Å². The van der Waals surface area contributed by atoms with E-state index in [0.717, 1.165) is 10.4 Å². The van der Waals surface area contributed by atoms with Crippen molar-refractivity contribution in [2.75, 3.05) is 20.6 Å². The molecular formula is C15H19ClN2O2S2. The lowest BCUT2D eigenvalue weighted by Crippen LogP contribution is -2.34. The van der Waals surface area contributed by atoms with Crippen LogP contribution in [0.25, 0.3) is 0 Å². The van der Waals surface area contributed by atoms with E-state index in [0.29, 0.717) is 11.6 Å². The normalized spacial score (nSPS) is 13.5. The van der Waals surface area contributed by atoms with Crippen molar-refractivity contribution >= 4 is 33.0 Å². The van der Waals surface area contributed by atoms with Gasteiger partial charge in [0, 0.05) is 16.4 Å². The Bertz CT molecular complexity index is 728. The summed E-state index contributed by atoms with van der Waals surface area (Å²) in [6.07, 6.45) is 0. The van der Waals surface area contributed by atoms with Crippen LogP contribution in [0.1, 0.15) is 16.5 Å². The highest BCUT2D eigenvalue weighted by molar-refractivity contribution is 7.89. The third-order valence-electron chi connectivity index (χ3n) is 3.42. The summed E-state index contributed by atoms with van der Waals surface area (Å²) in [4.78, 5) is 3.30. The summed E-state index contributed by atoms with van der Waals surface area (Å²) in [6, 6.07) is 8.72. The smallest absolute Gasteiger partial charge is 0.240 e. The highest BCUT2D eigenvalue weighted by Gasteiger charge is 2.20. The van der Waals surface area contributed by atoms with Crippen LogP contribution in [0.5, 0.6) is 0 Å². The molecule has 2 rings (SSSR count). The van der Waals surface area contributed by atoms with Gasteiger partial charge in [-0.1, -0.05) is 23.7 Å². The van der Waals surface area contributed by atoms with Crippen LogP contribution in [-0.4, -0.2) is 34.0 Å². The fourth-order valence-electron chi connectivity index (χ4n) is 2.03. The third-order valence-corrected chi connectivity index (χ3v) is 6.22. The van der Waals surface area contributed by atoms with Crippen molar-refractivity contribution in [1.82, 2.24) is 9.62 Å². The molecule has 0 saturated carbocycles. The monoisotopic (exact) mass is 358 g/mol. The van der Waals surface area contributed by atoms with Gasteiger partial charge in [-0.3, -0.25) is 0 Å². The van der Waals surface area contributed by atoms with Crippen molar-refractivity contribution < 1.29 is 8.42 Å². The molecule has 1 aromatic carbocycles. The van der Waals surface area contributed by atoms with E-state index in [4.69, 9.17) is 11.6 Å². The van der Waals surface area contributed by atoms with Crippen LogP contribution in [0.15, 0.2) is 40.6 Å². The van der Waals surface area contributed by atoms with Gasteiger partial charge in [0.2, 0.25) is 10.0 Å². The molecule has 0 amide bonds. The lowest BCUT2D eigenvalue weighted by Gasteiger charge is -2.23. The number of nitrogens with zero attached hydrogens (tertiary/aromatic N) is 1. The van der Waals surface area contributed by atoms with Gasteiger partial charge in [0.25, 0.3) is 0 Å². The number of benzene rings is 1. The van der Waals surface area contributed by atoms with E-state index < -0.39 is 10.0 Å². The molecular weight excluding hydrogens is 340 g/mol. The molecule has 0 spiro atoms. The minimum absolute atomic E-state index is 0.00399. The molecule has 1 atom stereocenters. The molecule has 0 aliphatic heterocycles. The highest BCUT2D eigenvalue weighted by Crippen LogP contribution is 2.24. The first kappa shape index (κ1) is 17.4.